The summed E-state index contributed by atoms with van der Waals surface area (Å²) in [5.74, 6) is -0.745. The van der Waals surface area contributed by atoms with Crippen molar-refractivity contribution in [2.75, 3.05) is 13.6 Å². The molecule has 0 radical (unpaired) electrons. The summed E-state index contributed by atoms with van der Waals surface area (Å²) >= 11 is 6.52. The average Bonchev–Trinajstić information content (AvgIpc) is 3.53. The number of nitrogens with one attached hydrogen (secondary N) is 1. The number of hydrogen-bond donors (Lipinski definition) is 1. The van der Waals surface area contributed by atoms with Gasteiger partial charge in [0.15, 0.2) is 0 Å². The Morgan fingerprint density at radius 2 is 1.53 bits per heavy atom. The van der Waals surface area contributed by atoms with Gasteiger partial charge in [-0.1, -0.05) is 103 Å². The number of amides is 2. The Labute approximate surface area is 258 Å². The largest absolute Gasteiger partial charge is 0.352 e. The second-order valence-electron chi connectivity index (χ2n) is 11.1. The van der Waals surface area contributed by atoms with E-state index in [1.54, 1.807) is 30.3 Å². The Bertz CT molecular complexity index is 1690. The summed E-state index contributed by atoms with van der Waals surface area (Å²) in [5, 5.41) is 5.34. The molecule has 9 heteroatoms. The zero-order chi connectivity index (χ0) is 30.4. The van der Waals surface area contributed by atoms with Crippen LogP contribution in [0.5, 0.6) is 0 Å². The highest BCUT2D eigenvalue weighted by Crippen LogP contribution is 2.24. The third-order valence-corrected chi connectivity index (χ3v) is 10.2. The van der Waals surface area contributed by atoms with Crippen LogP contribution in [-0.2, 0) is 32.6 Å². The molecule has 0 aromatic heterocycles. The van der Waals surface area contributed by atoms with Crippen LogP contribution in [0.3, 0.4) is 0 Å². The number of likely N-dealkylation sites (N-methyl/N-ethyl adjacent to an activating group) is 1. The fraction of sp³-hybridized carbons (Fsp3) is 0.294. The van der Waals surface area contributed by atoms with Crippen LogP contribution in [0.1, 0.15) is 36.8 Å². The molecule has 0 saturated heterocycles. The topological polar surface area (TPSA) is 86.8 Å². The summed E-state index contributed by atoms with van der Waals surface area (Å²) < 4.78 is 28.3. The third kappa shape index (κ3) is 7.44. The Morgan fingerprint density at radius 3 is 2.26 bits per heavy atom. The normalized spacial score (nSPS) is 14.6. The predicted molar refractivity (Wildman–Crippen MR) is 170 cm³/mol. The average molecular weight is 618 g/mol. The van der Waals surface area contributed by atoms with E-state index in [9.17, 15) is 18.0 Å². The molecule has 7 nitrogen and oxygen atoms in total. The maximum absolute atomic E-state index is 14.1. The molecule has 1 atom stereocenters. The van der Waals surface area contributed by atoms with Gasteiger partial charge < -0.3 is 10.2 Å². The third-order valence-electron chi connectivity index (χ3n) is 8.06. The Morgan fingerprint density at radius 1 is 0.884 bits per heavy atom. The van der Waals surface area contributed by atoms with E-state index >= 15 is 0 Å². The molecule has 4 aromatic rings. The molecule has 1 aliphatic rings. The number of hydrogen-bond acceptors (Lipinski definition) is 4. The van der Waals surface area contributed by atoms with Crippen molar-refractivity contribution in [3.63, 3.8) is 0 Å². The lowest BCUT2D eigenvalue weighted by Crippen LogP contribution is -2.54. The van der Waals surface area contributed by atoms with Gasteiger partial charge in [-0.3, -0.25) is 9.59 Å². The highest BCUT2D eigenvalue weighted by atomic mass is 35.5. The van der Waals surface area contributed by atoms with Gasteiger partial charge in [0.2, 0.25) is 21.8 Å². The number of sulfonamides is 1. The smallest absolute Gasteiger partial charge is 0.243 e. The number of nitrogens with zero attached hydrogens (tertiary/aromatic N) is 2. The molecule has 2 amide bonds. The molecule has 1 saturated carbocycles. The molecule has 1 aliphatic carbocycles. The van der Waals surface area contributed by atoms with Crippen LogP contribution in [-0.4, -0.2) is 55.1 Å². The van der Waals surface area contributed by atoms with E-state index in [1.807, 2.05) is 66.7 Å². The standard InChI is InChI=1S/C34H36ClN3O4S/c1-37(43(41,42)30-20-19-26-13-5-6-14-27(26)22-30)24-33(39)38(23-28-15-7-10-18-31(28)35)32(21-25-11-3-2-4-12-25)34(40)36-29-16-8-9-17-29/h2-7,10-15,18-20,22,29,32H,8-9,16-17,21,23-24H2,1H3,(H,36,40)/t32-/m0/s1. The van der Waals surface area contributed by atoms with Crippen molar-refractivity contribution in [2.24, 2.45) is 0 Å². The van der Waals surface area contributed by atoms with Crippen LogP contribution in [0.25, 0.3) is 10.8 Å². The quantitative estimate of drug-likeness (QED) is 0.230. The van der Waals surface area contributed by atoms with Crippen LogP contribution in [0.4, 0.5) is 0 Å². The number of halogens is 1. The van der Waals surface area contributed by atoms with Crippen LogP contribution in [0, 0.1) is 0 Å². The van der Waals surface area contributed by atoms with Crippen molar-refractivity contribution in [1.29, 1.82) is 0 Å². The Hall–Kier alpha value is -3.72. The van der Waals surface area contributed by atoms with Gasteiger partial charge in [0.25, 0.3) is 0 Å². The first-order valence-corrected chi connectivity index (χ1v) is 16.4. The maximum atomic E-state index is 14.1. The SMILES string of the molecule is CN(CC(=O)N(Cc1ccccc1Cl)[C@@H](Cc1ccccc1)C(=O)NC1CCCC1)S(=O)(=O)c1ccc2ccccc2c1. The molecule has 0 spiro atoms. The highest BCUT2D eigenvalue weighted by Gasteiger charge is 2.34. The maximum Gasteiger partial charge on any atom is 0.243 e. The molecule has 0 bridgehead atoms. The van der Waals surface area contributed by atoms with Gasteiger partial charge in [0.05, 0.1) is 11.4 Å². The molecule has 1 N–H and O–H groups in total. The minimum absolute atomic E-state index is 0.0535. The van der Waals surface area contributed by atoms with Gasteiger partial charge in [-0.15, -0.1) is 0 Å². The van der Waals surface area contributed by atoms with Crippen LogP contribution in [0.15, 0.2) is 102 Å². The van der Waals surface area contributed by atoms with E-state index in [2.05, 4.69) is 5.32 Å². The molecule has 5 rings (SSSR count). The van der Waals surface area contributed by atoms with Gasteiger partial charge in [0, 0.05) is 31.1 Å². The fourth-order valence-electron chi connectivity index (χ4n) is 5.61. The van der Waals surface area contributed by atoms with E-state index in [-0.39, 0.29) is 29.8 Å². The van der Waals surface area contributed by atoms with E-state index < -0.39 is 28.5 Å². The molecule has 4 aromatic carbocycles. The minimum Gasteiger partial charge on any atom is -0.352 e. The second-order valence-corrected chi connectivity index (χ2v) is 13.5. The lowest BCUT2D eigenvalue weighted by molar-refractivity contribution is -0.141. The number of fused-ring (bicyclic) bond motifs is 1. The van der Waals surface area contributed by atoms with Gasteiger partial charge in [-0.25, -0.2) is 8.42 Å². The van der Waals surface area contributed by atoms with E-state index in [0.717, 1.165) is 46.3 Å². The monoisotopic (exact) mass is 617 g/mol. The first-order valence-electron chi connectivity index (χ1n) is 14.5. The van der Waals surface area contributed by atoms with Gasteiger partial charge >= 0.3 is 0 Å². The summed E-state index contributed by atoms with van der Waals surface area (Å²) in [5.41, 5.74) is 1.56. The first-order chi connectivity index (χ1) is 20.7. The van der Waals surface area contributed by atoms with Crippen molar-refractivity contribution in [2.45, 2.75) is 55.6 Å². The highest BCUT2D eigenvalue weighted by molar-refractivity contribution is 7.89. The van der Waals surface area contributed by atoms with Crippen molar-refractivity contribution in [3.05, 3.63) is 113 Å². The summed E-state index contributed by atoms with van der Waals surface area (Å²) in [7, 11) is -2.61. The van der Waals surface area contributed by atoms with Crippen molar-refractivity contribution >= 4 is 44.2 Å². The molecule has 224 valence electrons. The summed E-state index contributed by atoms with van der Waals surface area (Å²) in [4.78, 5) is 29.6. The molecular weight excluding hydrogens is 582 g/mol. The predicted octanol–water partition coefficient (Wildman–Crippen LogP) is 5.81. The van der Waals surface area contributed by atoms with Crippen molar-refractivity contribution < 1.29 is 18.0 Å². The van der Waals surface area contributed by atoms with Gasteiger partial charge in [-0.05, 0) is 52.9 Å². The zero-order valence-electron chi connectivity index (χ0n) is 24.2. The fourth-order valence-corrected chi connectivity index (χ4v) is 6.96. The molecule has 0 unspecified atom stereocenters. The number of carbonyl (C=O) groups is 2. The van der Waals surface area contributed by atoms with E-state index in [0.29, 0.717) is 10.6 Å². The van der Waals surface area contributed by atoms with Crippen LogP contribution < -0.4 is 5.32 Å². The second kappa shape index (κ2) is 13.7. The summed E-state index contributed by atoms with van der Waals surface area (Å²) in [6, 6.07) is 28.3. The Kier molecular flexibility index (Phi) is 9.80. The Balaban J connectivity index is 1.46. The summed E-state index contributed by atoms with van der Waals surface area (Å²) in [6.45, 7) is -0.389. The molecule has 0 heterocycles. The van der Waals surface area contributed by atoms with Crippen LogP contribution >= 0.6 is 11.6 Å². The lowest BCUT2D eigenvalue weighted by Gasteiger charge is -2.33. The molecular formula is C34H36ClN3O4S. The summed E-state index contributed by atoms with van der Waals surface area (Å²) in [6.07, 6.45) is 4.17. The number of carbonyl (C=O) groups excluding carboxylic acids is 2. The van der Waals surface area contributed by atoms with Gasteiger partial charge in [-0.2, -0.15) is 4.31 Å². The molecule has 1 fully saturated rings. The van der Waals surface area contributed by atoms with E-state index in [1.165, 1.54) is 11.9 Å². The molecule has 43 heavy (non-hydrogen) atoms. The van der Waals surface area contributed by atoms with Crippen molar-refractivity contribution in [1.82, 2.24) is 14.5 Å². The minimum atomic E-state index is -4.00. The lowest BCUT2D eigenvalue weighted by atomic mass is 10.0. The molecule has 0 aliphatic heterocycles. The zero-order valence-corrected chi connectivity index (χ0v) is 25.7. The van der Waals surface area contributed by atoms with E-state index in [4.69, 9.17) is 11.6 Å². The number of rotatable bonds is 11. The number of benzene rings is 4. The first kappa shape index (κ1) is 30.7. The van der Waals surface area contributed by atoms with Crippen LogP contribution in [0.2, 0.25) is 5.02 Å². The van der Waals surface area contributed by atoms with Crippen molar-refractivity contribution in [3.8, 4) is 0 Å². The van der Waals surface area contributed by atoms with Gasteiger partial charge in [0.1, 0.15) is 6.04 Å².